The van der Waals surface area contributed by atoms with E-state index in [0.717, 1.165) is 22.8 Å². The molecule has 0 aliphatic carbocycles. The number of hydrogen-bond donors (Lipinski definition) is 0. The monoisotopic (exact) mass is 295 g/mol. The molecule has 0 N–H and O–H groups in total. The van der Waals surface area contributed by atoms with Crippen LogP contribution in [0, 0.1) is 6.92 Å². The number of imidazole rings is 1. The van der Waals surface area contributed by atoms with Crippen LogP contribution in [-0.2, 0) is 6.42 Å². The van der Waals surface area contributed by atoms with Crippen molar-refractivity contribution in [3.63, 3.8) is 0 Å². The largest absolute Gasteiger partial charge is 0.497 e. The molecule has 22 heavy (non-hydrogen) atoms. The molecule has 2 aromatic heterocycles. The van der Waals surface area contributed by atoms with E-state index in [0.29, 0.717) is 17.7 Å². The maximum absolute atomic E-state index is 12.9. The van der Waals surface area contributed by atoms with Gasteiger partial charge in [-0.2, -0.15) is 0 Å². The van der Waals surface area contributed by atoms with E-state index in [1.54, 1.807) is 42.1 Å². The van der Waals surface area contributed by atoms with Gasteiger partial charge >= 0.3 is 0 Å². The molecule has 2 heterocycles. The van der Waals surface area contributed by atoms with Crippen LogP contribution in [0.5, 0.6) is 5.75 Å². The molecule has 0 saturated carbocycles. The fraction of sp³-hybridized carbons (Fsp3) is 0.235. The van der Waals surface area contributed by atoms with Crippen molar-refractivity contribution < 1.29 is 9.53 Å². The van der Waals surface area contributed by atoms with Crippen LogP contribution >= 0.6 is 0 Å². The average molecular weight is 295 g/mol. The first kappa shape index (κ1) is 14.3. The number of carbonyl (C=O) groups is 1. The van der Waals surface area contributed by atoms with Gasteiger partial charge in [-0.25, -0.2) is 9.97 Å². The van der Waals surface area contributed by atoms with Gasteiger partial charge in [0.1, 0.15) is 23.4 Å². The van der Waals surface area contributed by atoms with E-state index in [-0.39, 0.29) is 5.78 Å². The zero-order valence-electron chi connectivity index (χ0n) is 12.8. The molecular formula is C17H17N3O2. The molecule has 0 aliphatic heterocycles. The van der Waals surface area contributed by atoms with Crippen LogP contribution in [0.3, 0.4) is 0 Å². The van der Waals surface area contributed by atoms with Crippen molar-refractivity contribution in [3.8, 4) is 5.75 Å². The second-order valence-electron chi connectivity index (χ2n) is 5.08. The number of ether oxygens (including phenoxy) is 1. The minimum Gasteiger partial charge on any atom is -0.497 e. The molecule has 112 valence electrons. The number of aryl methyl sites for hydroxylation is 2. The van der Waals surface area contributed by atoms with Crippen LogP contribution in [-0.4, -0.2) is 27.3 Å². The third kappa shape index (κ3) is 2.35. The minimum absolute atomic E-state index is 0.0577. The highest BCUT2D eigenvalue weighted by Crippen LogP contribution is 2.19. The molecule has 0 bridgehead atoms. The highest BCUT2D eigenvalue weighted by atomic mass is 16.5. The summed E-state index contributed by atoms with van der Waals surface area (Å²) in [6.07, 6.45) is 2.35. The highest BCUT2D eigenvalue weighted by Gasteiger charge is 2.20. The van der Waals surface area contributed by atoms with E-state index in [1.807, 2.05) is 19.9 Å². The first-order valence-corrected chi connectivity index (χ1v) is 7.16. The lowest BCUT2D eigenvalue weighted by Crippen LogP contribution is -2.08. The number of benzene rings is 1. The number of rotatable bonds is 4. The van der Waals surface area contributed by atoms with Crippen molar-refractivity contribution in [1.29, 1.82) is 0 Å². The second kappa shape index (κ2) is 5.60. The van der Waals surface area contributed by atoms with Gasteiger partial charge in [0, 0.05) is 17.3 Å². The normalized spacial score (nSPS) is 10.9. The Balaban J connectivity index is 2.12. The fourth-order valence-electron chi connectivity index (χ4n) is 2.46. The van der Waals surface area contributed by atoms with Crippen molar-refractivity contribution in [3.05, 3.63) is 59.3 Å². The quantitative estimate of drug-likeness (QED) is 0.694. The molecule has 0 amide bonds. The van der Waals surface area contributed by atoms with Gasteiger partial charge in [-0.15, -0.1) is 0 Å². The first-order valence-electron chi connectivity index (χ1n) is 7.16. The molecule has 0 unspecified atom stereocenters. The van der Waals surface area contributed by atoms with Gasteiger partial charge in [0.15, 0.2) is 0 Å². The van der Waals surface area contributed by atoms with Crippen molar-refractivity contribution in [1.82, 2.24) is 14.4 Å². The Hall–Kier alpha value is -2.69. The second-order valence-corrected chi connectivity index (χ2v) is 5.08. The smallest absolute Gasteiger partial charge is 0.211 e. The summed E-state index contributed by atoms with van der Waals surface area (Å²) >= 11 is 0. The summed E-state index contributed by atoms with van der Waals surface area (Å²) in [6, 6.07) is 8.97. The summed E-state index contributed by atoms with van der Waals surface area (Å²) in [6.45, 7) is 3.90. The van der Waals surface area contributed by atoms with E-state index in [2.05, 4.69) is 9.97 Å². The van der Waals surface area contributed by atoms with Crippen molar-refractivity contribution in [2.45, 2.75) is 20.3 Å². The summed E-state index contributed by atoms with van der Waals surface area (Å²) in [5, 5.41) is 0. The summed E-state index contributed by atoms with van der Waals surface area (Å²) < 4.78 is 6.89. The van der Waals surface area contributed by atoms with Gasteiger partial charge in [0.2, 0.25) is 5.78 Å². The van der Waals surface area contributed by atoms with Gasteiger partial charge in [0.05, 0.1) is 12.8 Å². The minimum atomic E-state index is -0.0577. The van der Waals surface area contributed by atoms with Gasteiger partial charge in [0.25, 0.3) is 0 Å². The molecule has 5 heteroatoms. The van der Waals surface area contributed by atoms with Crippen LogP contribution in [0.15, 0.2) is 36.7 Å². The molecule has 0 atom stereocenters. The third-order valence-electron chi connectivity index (χ3n) is 3.63. The topological polar surface area (TPSA) is 56.5 Å². The summed E-state index contributed by atoms with van der Waals surface area (Å²) in [4.78, 5) is 21.7. The van der Waals surface area contributed by atoms with Crippen molar-refractivity contribution in [2.24, 2.45) is 0 Å². The molecule has 0 radical (unpaired) electrons. The lowest BCUT2D eigenvalue weighted by atomic mass is 10.1. The molecule has 0 saturated heterocycles. The number of hydrogen-bond acceptors (Lipinski definition) is 4. The Kier molecular flexibility index (Phi) is 3.63. The molecule has 0 fully saturated rings. The number of nitrogens with zero attached hydrogens (tertiary/aromatic N) is 3. The first-order chi connectivity index (χ1) is 10.6. The van der Waals surface area contributed by atoms with Gasteiger partial charge in [-0.3, -0.25) is 9.20 Å². The summed E-state index contributed by atoms with van der Waals surface area (Å²) in [5.41, 5.74) is 3.60. The van der Waals surface area contributed by atoms with Gasteiger partial charge < -0.3 is 4.74 Å². The molecule has 0 aliphatic rings. The maximum Gasteiger partial charge on any atom is 0.211 e. The van der Waals surface area contributed by atoms with E-state index in [4.69, 9.17) is 4.74 Å². The van der Waals surface area contributed by atoms with Crippen molar-refractivity contribution in [2.75, 3.05) is 7.11 Å². The standard InChI is InChI=1S/C17H17N3O2/c1-4-14-16(20-10-18-11(2)9-15(20)19-14)17(21)12-5-7-13(22-3)8-6-12/h5-10H,4H2,1-3H3. The lowest BCUT2D eigenvalue weighted by molar-refractivity contribution is 0.103. The Morgan fingerprint density at radius 1 is 1.27 bits per heavy atom. The number of methoxy groups -OCH3 is 1. The zero-order chi connectivity index (χ0) is 15.7. The summed E-state index contributed by atoms with van der Waals surface area (Å²) in [7, 11) is 1.60. The number of ketones is 1. The fourth-order valence-corrected chi connectivity index (χ4v) is 2.46. The molecule has 1 aromatic carbocycles. The molecule has 3 rings (SSSR count). The lowest BCUT2D eigenvalue weighted by Gasteiger charge is -2.05. The Morgan fingerprint density at radius 3 is 2.64 bits per heavy atom. The van der Waals surface area contributed by atoms with Gasteiger partial charge in [-0.05, 0) is 37.6 Å². The predicted molar refractivity (Wildman–Crippen MR) is 83.5 cm³/mol. The van der Waals surface area contributed by atoms with Crippen LogP contribution < -0.4 is 4.74 Å². The molecular weight excluding hydrogens is 278 g/mol. The van der Waals surface area contributed by atoms with E-state index < -0.39 is 0 Å². The number of fused-ring (bicyclic) bond motifs is 1. The average Bonchev–Trinajstić information content (AvgIpc) is 2.91. The Bertz CT molecular complexity index is 835. The number of carbonyl (C=O) groups excluding carboxylic acids is 1. The van der Waals surface area contributed by atoms with Gasteiger partial charge in [-0.1, -0.05) is 6.92 Å². The summed E-state index contributed by atoms with van der Waals surface area (Å²) in [5.74, 6) is 0.667. The molecule has 5 nitrogen and oxygen atoms in total. The van der Waals surface area contributed by atoms with Crippen LogP contribution in [0.2, 0.25) is 0 Å². The van der Waals surface area contributed by atoms with Crippen LogP contribution in [0.1, 0.15) is 34.4 Å². The van der Waals surface area contributed by atoms with Crippen molar-refractivity contribution >= 4 is 11.4 Å². The van der Waals surface area contributed by atoms with Crippen LogP contribution in [0.4, 0.5) is 0 Å². The SMILES string of the molecule is CCc1nc2cc(C)ncn2c1C(=O)c1ccc(OC)cc1. The number of aromatic nitrogens is 3. The third-order valence-corrected chi connectivity index (χ3v) is 3.63. The highest BCUT2D eigenvalue weighted by molar-refractivity contribution is 6.09. The van der Waals surface area contributed by atoms with E-state index in [9.17, 15) is 4.79 Å². The maximum atomic E-state index is 12.9. The predicted octanol–water partition coefficient (Wildman–Crippen LogP) is 2.84. The Labute approximate surface area is 128 Å². The van der Waals surface area contributed by atoms with Crippen LogP contribution in [0.25, 0.3) is 5.65 Å². The Morgan fingerprint density at radius 2 is 2.00 bits per heavy atom. The molecule has 3 aromatic rings. The molecule has 0 spiro atoms. The zero-order valence-corrected chi connectivity index (χ0v) is 12.8. The van der Waals surface area contributed by atoms with E-state index in [1.165, 1.54) is 0 Å². The van der Waals surface area contributed by atoms with E-state index >= 15 is 0 Å².